The van der Waals surface area contributed by atoms with Crippen molar-refractivity contribution in [2.75, 3.05) is 0 Å². The van der Waals surface area contributed by atoms with E-state index >= 15 is 0 Å². The van der Waals surface area contributed by atoms with E-state index in [0.717, 1.165) is 0 Å². The van der Waals surface area contributed by atoms with Gasteiger partial charge in [-0.15, -0.1) is 9.03 Å². The van der Waals surface area contributed by atoms with Gasteiger partial charge in [-0.1, -0.05) is 95.5 Å². The lowest BCUT2D eigenvalue weighted by Crippen LogP contribution is -2.20. The Morgan fingerprint density at radius 3 is 0.911 bits per heavy atom. The van der Waals surface area contributed by atoms with E-state index in [4.69, 9.17) is 36.2 Å². The van der Waals surface area contributed by atoms with Gasteiger partial charge in [0.15, 0.2) is 0 Å². The first-order valence-electron chi connectivity index (χ1n) is 14.4. The molecule has 45 heavy (non-hydrogen) atoms. The lowest BCUT2D eigenvalue weighted by atomic mass is 10.3. The molecule has 230 valence electrons. The van der Waals surface area contributed by atoms with Crippen LogP contribution in [0.5, 0.6) is 28.7 Å². The molecular formula is C34H34N3O5P3. The molecule has 0 spiro atoms. The van der Waals surface area contributed by atoms with Crippen LogP contribution in [0.25, 0.3) is 0 Å². The molecule has 1 heterocycles. The first-order chi connectivity index (χ1) is 21.8. The van der Waals surface area contributed by atoms with Crippen molar-refractivity contribution in [2.45, 2.75) is 25.9 Å². The van der Waals surface area contributed by atoms with Crippen LogP contribution in [0.1, 0.15) is 20.8 Å². The number of para-hydroxylation sites is 5. The summed E-state index contributed by atoms with van der Waals surface area (Å²) in [5.41, 5.74) is 0. The Labute approximate surface area is 264 Å². The number of nitrogens with zero attached hydrogens (tertiary/aromatic N) is 3. The van der Waals surface area contributed by atoms with Crippen molar-refractivity contribution in [1.82, 2.24) is 0 Å². The largest absolute Gasteiger partial charge is 0.458 e. The van der Waals surface area contributed by atoms with E-state index in [1.807, 2.05) is 172 Å². The molecule has 5 aromatic carbocycles. The van der Waals surface area contributed by atoms with E-state index in [0.29, 0.717) is 28.7 Å². The summed E-state index contributed by atoms with van der Waals surface area (Å²) in [7, 11) is -10.7. The fourth-order valence-corrected chi connectivity index (χ4v) is 15.2. The van der Waals surface area contributed by atoms with Crippen LogP contribution in [0.15, 0.2) is 165 Å². The zero-order valence-electron chi connectivity index (χ0n) is 25.2. The average Bonchev–Trinajstić information content (AvgIpc) is 3.02. The molecule has 0 aromatic heterocycles. The average molecular weight is 658 g/mol. The zero-order chi connectivity index (χ0) is 31.2. The minimum Gasteiger partial charge on any atom is -0.441 e. The minimum absolute atomic E-state index is 0.528. The number of hydrogen-bond acceptors (Lipinski definition) is 8. The Morgan fingerprint density at radius 1 is 0.356 bits per heavy atom. The summed E-state index contributed by atoms with van der Waals surface area (Å²) in [6, 6.07) is 47.1. The van der Waals surface area contributed by atoms with Gasteiger partial charge in [-0.05, 0) is 81.4 Å². The van der Waals surface area contributed by atoms with Crippen LogP contribution in [-0.4, -0.2) is 5.16 Å². The number of benzene rings is 5. The van der Waals surface area contributed by atoms with Gasteiger partial charge in [0.1, 0.15) is 28.7 Å². The van der Waals surface area contributed by atoms with Crippen molar-refractivity contribution in [1.29, 1.82) is 0 Å². The van der Waals surface area contributed by atoms with E-state index in [9.17, 15) is 0 Å². The van der Waals surface area contributed by atoms with Gasteiger partial charge in [-0.3, -0.25) is 0 Å². The normalized spacial score (nSPS) is 18.2. The van der Waals surface area contributed by atoms with E-state index in [-0.39, 0.29) is 0 Å². The van der Waals surface area contributed by atoms with E-state index in [1.165, 1.54) is 0 Å². The third-order valence-electron chi connectivity index (χ3n) is 6.41. The molecule has 0 amide bonds. The van der Waals surface area contributed by atoms with Gasteiger partial charge in [0, 0.05) is 0 Å². The quantitative estimate of drug-likeness (QED) is 0.140. The second-order valence-electron chi connectivity index (χ2n) is 11.0. The second-order valence-corrected chi connectivity index (χ2v) is 18.4. The minimum atomic E-state index is -3.70. The van der Waals surface area contributed by atoms with Crippen LogP contribution in [0.2, 0.25) is 0 Å². The molecule has 1 unspecified atom stereocenters. The number of rotatable bonds is 10. The van der Waals surface area contributed by atoms with Gasteiger partial charge >= 0.3 is 15.3 Å². The van der Waals surface area contributed by atoms with E-state index < -0.39 is 27.9 Å². The summed E-state index contributed by atoms with van der Waals surface area (Å²) in [6.07, 6.45) is 0. The summed E-state index contributed by atoms with van der Waals surface area (Å²) in [5.74, 6) is 2.71. The van der Waals surface area contributed by atoms with Crippen molar-refractivity contribution >= 4 is 22.8 Å². The van der Waals surface area contributed by atoms with Crippen molar-refractivity contribution in [2.24, 2.45) is 13.5 Å². The summed E-state index contributed by atoms with van der Waals surface area (Å²) in [6.45, 7) is 6.13. The number of hydrogen-bond donors (Lipinski definition) is 0. The lowest BCUT2D eigenvalue weighted by Gasteiger charge is -2.39. The molecule has 0 radical (unpaired) electrons. The molecule has 0 aliphatic carbocycles. The van der Waals surface area contributed by atoms with Gasteiger partial charge < -0.3 is 22.6 Å². The van der Waals surface area contributed by atoms with Gasteiger partial charge in [0.2, 0.25) is 0 Å². The standard InChI is InChI=1S/C34H34N3O5P3/c1-34(2,3)43(38-29-19-9-4-10-20-29)35-44(39-30-21-11-5-12-22-30,40-31-23-13-6-14-24-31)37-45(36-43,41-32-25-15-7-16-26-32)42-33-27-17-8-18-28-33/h4-28H,1-3H3. The maximum Gasteiger partial charge on any atom is 0.458 e. The Kier molecular flexibility index (Phi) is 8.92. The zero-order valence-corrected chi connectivity index (χ0v) is 27.8. The highest BCUT2D eigenvalue weighted by atomic mass is 31.3. The fraction of sp³-hybridized carbons (Fsp3) is 0.118. The maximum absolute atomic E-state index is 6.92. The summed E-state index contributed by atoms with van der Waals surface area (Å²) in [5, 5.41) is -0.657. The van der Waals surface area contributed by atoms with Crippen LogP contribution < -0.4 is 22.6 Å². The van der Waals surface area contributed by atoms with Crippen LogP contribution in [-0.2, 0) is 0 Å². The highest BCUT2D eigenvalue weighted by Crippen LogP contribution is 2.81. The molecule has 5 aromatic rings. The predicted octanol–water partition coefficient (Wildman–Crippen LogP) is 12.1. The van der Waals surface area contributed by atoms with Crippen LogP contribution >= 0.6 is 22.8 Å². The van der Waals surface area contributed by atoms with Gasteiger partial charge in [0.25, 0.3) is 7.43 Å². The molecule has 0 bridgehead atoms. The first kappa shape index (κ1) is 30.8. The molecule has 8 nitrogen and oxygen atoms in total. The molecular weight excluding hydrogens is 623 g/mol. The fourth-order valence-electron chi connectivity index (χ4n) is 4.23. The van der Waals surface area contributed by atoms with Gasteiger partial charge in [0.05, 0.1) is 5.16 Å². The van der Waals surface area contributed by atoms with Crippen LogP contribution in [0, 0.1) is 0 Å². The first-order valence-corrected chi connectivity index (χ1v) is 19.1. The molecule has 11 heteroatoms. The van der Waals surface area contributed by atoms with Crippen LogP contribution in [0.3, 0.4) is 0 Å². The molecule has 1 atom stereocenters. The Morgan fingerprint density at radius 2 is 0.622 bits per heavy atom. The maximum atomic E-state index is 6.92. The topological polar surface area (TPSA) is 83.2 Å². The Hall–Kier alpha value is -4.21. The monoisotopic (exact) mass is 657 g/mol. The van der Waals surface area contributed by atoms with E-state index in [2.05, 4.69) is 0 Å². The Bertz CT molecular complexity index is 1710. The molecule has 0 saturated carbocycles. The summed E-state index contributed by atoms with van der Waals surface area (Å²) in [4.78, 5) is 0. The van der Waals surface area contributed by atoms with Gasteiger partial charge in [-0.25, -0.2) is 0 Å². The molecule has 0 saturated heterocycles. The highest BCUT2D eigenvalue weighted by molar-refractivity contribution is 7.81. The molecule has 1 aliphatic heterocycles. The second kappa shape index (κ2) is 13.0. The third-order valence-corrected chi connectivity index (χ3v) is 16.0. The van der Waals surface area contributed by atoms with E-state index in [1.54, 1.807) is 0 Å². The molecule has 1 aliphatic rings. The van der Waals surface area contributed by atoms with Crippen molar-refractivity contribution in [3.63, 3.8) is 0 Å². The summed E-state index contributed by atoms with van der Waals surface area (Å²) >= 11 is 0. The smallest absolute Gasteiger partial charge is 0.441 e. The van der Waals surface area contributed by atoms with Crippen LogP contribution in [0.4, 0.5) is 0 Å². The molecule has 6 rings (SSSR count). The predicted molar refractivity (Wildman–Crippen MR) is 183 cm³/mol. The summed E-state index contributed by atoms with van der Waals surface area (Å²) < 4.78 is 50.0. The van der Waals surface area contributed by atoms with Gasteiger partial charge in [-0.2, -0.15) is 0 Å². The Balaban J connectivity index is 1.70. The molecule has 0 N–H and O–H groups in total. The highest BCUT2D eigenvalue weighted by Gasteiger charge is 2.51. The third kappa shape index (κ3) is 7.37. The van der Waals surface area contributed by atoms with Crippen molar-refractivity contribution in [3.05, 3.63) is 152 Å². The lowest BCUT2D eigenvalue weighted by molar-refractivity contribution is 0.455. The molecule has 0 fully saturated rings. The van der Waals surface area contributed by atoms with Crippen molar-refractivity contribution < 1.29 is 22.6 Å². The SMILES string of the molecule is CC(C)(C)P1(Oc2ccccc2)=NP(Oc2ccccc2)(Oc2ccccc2)=NP(Oc2ccccc2)(Oc2ccccc2)=N1. The van der Waals surface area contributed by atoms with Crippen molar-refractivity contribution in [3.8, 4) is 28.7 Å².